The quantitative estimate of drug-likeness (QED) is 0.860. The SMILES string of the molecule is O=C(NC1CC1(F)F)OCc1ccccc1. The average molecular weight is 227 g/mol. The van der Waals surface area contributed by atoms with Crippen molar-refractivity contribution in [3.63, 3.8) is 0 Å². The van der Waals surface area contributed by atoms with Crippen LogP contribution in [0.4, 0.5) is 13.6 Å². The van der Waals surface area contributed by atoms with Crippen LogP contribution in [0.15, 0.2) is 30.3 Å². The summed E-state index contributed by atoms with van der Waals surface area (Å²) < 4.78 is 29.7. The van der Waals surface area contributed by atoms with E-state index in [0.717, 1.165) is 5.56 Å². The van der Waals surface area contributed by atoms with Crippen LogP contribution in [0, 0.1) is 0 Å². The fourth-order valence-electron chi connectivity index (χ4n) is 1.28. The molecule has 86 valence electrons. The average Bonchev–Trinajstić information content (AvgIpc) is 2.84. The number of hydrogen-bond donors (Lipinski definition) is 1. The van der Waals surface area contributed by atoms with Gasteiger partial charge >= 0.3 is 6.09 Å². The number of hydrogen-bond acceptors (Lipinski definition) is 2. The maximum Gasteiger partial charge on any atom is 0.407 e. The van der Waals surface area contributed by atoms with E-state index in [2.05, 4.69) is 5.32 Å². The van der Waals surface area contributed by atoms with E-state index in [9.17, 15) is 13.6 Å². The van der Waals surface area contributed by atoms with Crippen LogP contribution in [0.2, 0.25) is 0 Å². The summed E-state index contributed by atoms with van der Waals surface area (Å²) in [4.78, 5) is 11.1. The summed E-state index contributed by atoms with van der Waals surface area (Å²) in [6.45, 7) is 0.0883. The fourth-order valence-corrected chi connectivity index (χ4v) is 1.28. The third kappa shape index (κ3) is 2.68. The Bertz CT molecular complexity index is 381. The van der Waals surface area contributed by atoms with E-state index in [1.54, 1.807) is 12.1 Å². The molecule has 0 saturated heterocycles. The lowest BCUT2D eigenvalue weighted by molar-refractivity contribution is 0.0973. The van der Waals surface area contributed by atoms with Crippen LogP contribution in [0.25, 0.3) is 0 Å². The van der Waals surface area contributed by atoms with Crippen LogP contribution < -0.4 is 5.32 Å². The van der Waals surface area contributed by atoms with Crippen LogP contribution in [0.1, 0.15) is 12.0 Å². The number of rotatable bonds is 3. The van der Waals surface area contributed by atoms with Crippen molar-refractivity contribution in [2.24, 2.45) is 0 Å². The molecule has 3 nitrogen and oxygen atoms in total. The van der Waals surface area contributed by atoms with E-state index in [4.69, 9.17) is 4.74 Å². The Balaban J connectivity index is 1.73. The third-order valence-corrected chi connectivity index (χ3v) is 2.33. The molecule has 1 N–H and O–H groups in total. The van der Waals surface area contributed by atoms with Crippen molar-refractivity contribution in [2.75, 3.05) is 0 Å². The summed E-state index contributed by atoms with van der Waals surface area (Å²) in [6.07, 6.45) is -1.10. The maximum absolute atomic E-state index is 12.4. The predicted molar refractivity (Wildman–Crippen MR) is 53.1 cm³/mol. The van der Waals surface area contributed by atoms with Gasteiger partial charge in [-0.25, -0.2) is 13.6 Å². The largest absolute Gasteiger partial charge is 0.445 e. The molecule has 1 unspecified atom stereocenters. The first-order chi connectivity index (χ1) is 7.58. The normalized spacial score (nSPS) is 21.2. The van der Waals surface area contributed by atoms with E-state index >= 15 is 0 Å². The number of ether oxygens (including phenoxy) is 1. The maximum atomic E-state index is 12.4. The molecule has 1 amide bonds. The molecule has 2 rings (SSSR count). The van der Waals surface area contributed by atoms with Gasteiger partial charge in [0.15, 0.2) is 0 Å². The van der Waals surface area contributed by atoms with Gasteiger partial charge in [0.05, 0.1) is 0 Å². The molecule has 16 heavy (non-hydrogen) atoms. The number of alkyl halides is 2. The molecule has 1 aliphatic carbocycles. The molecule has 0 radical (unpaired) electrons. The first kappa shape index (κ1) is 10.9. The van der Waals surface area contributed by atoms with Crippen LogP contribution in [-0.2, 0) is 11.3 Å². The molecular weight excluding hydrogens is 216 g/mol. The van der Waals surface area contributed by atoms with E-state index in [-0.39, 0.29) is 13.0 Å². The van der Waals surface area contributed by atoms with Crippen molar-refractivity contribution >= 4 is 6.09 Å². The van der Waals surface area contributed by atoms with E-state index in [1.807, 2.05) is 18.2 Å². The highest BCUT2D eigenvalue weighted by molar-refractivity contribution is 5.68. The second-order valence-electron chi connectivity index (χ2n) is 3.72. The van der Waals surface area contributed by atoms with Gasteiger partial charge in [0.2, 0.25) is 0 Å². The highest BCUT2D eigenvalue weighted by Gasteiger charge is 2.58. The number of benzene rings is 1. The molecule has 0 spiro atoms. The fraction of sp³-hybridized carbons (Fsp3) is 0.364. The van der Waals surface area contributed by atoms with Gasteiger partial charge in [-0.1, -0.05) is 30.3 Å². The van der Waals surface area contributed by atoms with Gasteiger partial charge in [0.25, 0.3) is 5.92 Å². The Morgan fingerprint density at radius 2 is 2.06 bits per heavy atom. The van der Waals surface area contributed by atoms with Gasteiger partial charge in [0.1, 0.15) is 12.6 Å². The first-order valence-electron chi connectivity index (χ1n) is 4.93. The Labute approximate surface area is 91.4 Å². The van der Waals surface area contributed by atoms with E-state index in [1.165, 1.54) is 0 Å². The molecular formula is C11H11F2NO2. The molecule has 0 aliphatic heterocycles. The lowest BCUT2D eigenvalue weighted by Crippen LogP contribution is -2.29. The zero-order valence-corrected chi connectivity index (χ0v) is 8.45. The molecule has 1 aliphatic rings. The molecule has 0 heterocycles. The molecule has 1 aromatic rings. The Kier molecular flexibility index (Phi) is 2.77. The molecule has 1 atom stereocenters. The number of alkyl carbamates (subject to hydrolysis) is 1. The van der Waals surface area contributed by atoms with E-state index in [0.29, 0.717) is 0 Å². The highest BCUT2D eigenvalue weighted by Crippen LogP contribution is 2.41. The minimum absolute atomic E-state index is 0.0883. The Hall–Kier alpha value is -1.65. The minimum atomic E-state index is -2.76. The minimum Gasteiger partial charge on any atom is -0.445 e. The van der Waals surface area contributed by atoms with Crippen molar-refractivity contribution in [1.82, 2.24) is 5.32 Å². The summed E-state index contributed by atoms with van der Waals surface area (Å²) in [5.41, 5.74) is 0.820. The lowest BCUT2D eigenvalue weighted by Gasteiger charge is -2.06. The van der Waals surface area contributed by atoms with Crippen molar-refractivity contribution in [1.29, 1.82) is 0 Å². The first-order valence-corrected chi connectivity index (χ1v) is 4.93. The summed E-state index contributed by atoms with van der Waals surface area (Å²) in [5.74, 6) is -2.76. The van der Waals surface area contributed by atoms with Gasteiger partial charge in [-0.05, 0) is 5.56 Å². The Morgan fingerprint density at radius 3 is 2.62 bits per heavy atom. The van der Waals surface area contributed by atoms with Crippen LogP contribution >= 0.6 is 0 Å². The smallest absolute Gasteiger partial charge is 0.407 e. The van der Waals surface area contributed by atoms with Crippen molar-refractivity contribution < 1.29 is 18.3 Å². The Morgan fingerprint density at radius 1 is 1.44 bits per heavy atom. The number of halogens is 2. The summed E-state index contributed by atoms with van der Waals surface area (Å²) >= 11 is 0. The van der Waals surface area contributed by atoms with Gasteiger partial charge in [-0.3, -0.25) is 0 Å². The molecule has 5 heteroatoms. The zero-order chi connectivity index (χ0) is 11.6. The second kappa shape index (κ2) is 4.08. The third-order valence-electron chi connectivity index (χ3n) is 2.33. The molecule has 0 bridgehead atoms. The van der Waals surface area contributed by atoms with Crippen LogP contribution in [0.3, 0.4) is 0 Å². The molecule has 0 aromatic heterocycles. The van der Waals surface area contributed by atoms with Crippen LogP contribution in [0.5, 0.6) is 0 Å². The summed E-state index contributed by atoms with van der Waals surface area (Å²) in [5, 5.41) is 2.10. The second-order valence-corrected chi connectivity index (χ2v) is 3.72. The van der Waals surface area contributed by atoms with Gasteiger partial charge in [-0.2, -0.15) is 0 Å². The molecule has 1 saturated carbocycles. The summed E-state index contributed by atoms with van der Waals surface area (Å²) in [6, 6.07) is 7.99. The van der Waals surface area contributed by atoms with Crippen molar-refractivity contribution in [3.8, 4) is 0 Å². The monoisotopic (exact) mass is 227 g/mol. The number of carbonyl (C=O) groups excluding carboxylic acids is 1. The highest BCUT2D eigenvalue weighted by atomic mass is 19.3. The zero-order valence-electron chi connectivity index (χ0n) is 8.45. The topological polar surface area (TPSA) is 38.3 Å². The number of carbonyl (C=O) groups is 1. The summed E-state index contributed by atoms with van der Waals surface area (Å²) in [7, 11) is 0. The lowest BCUT2D eigenvalue weighted by atomic mass is 10.2. The van der Waals surface area contributed by atoms with E-state index < -0.39 is 18.1 Å². The van der Waals surface area contributed by atoms with Gasteiger partial charge in [0, 0.05) is 6.42 Å². The van der Waals surface area contributed by atoms with Crippen LogP contribution in [-0.4, -0.2) is 18.1 Å². The number of nitrogens with one attached hydrogen (secondary N) is 1. The van der Waals surface area contributed by atoms with Crippen molar-refractivity contribution in [2.45, 2.75) is 25.0 Å². The van der Waals surface area contributed by atoms with Gasteiger partial charge in [-0.15, -0.1) is 0 Å². The predicted octanol–water partition coefficient (Wildman–Crippen LogP) is 2.32. The standard InChI is InChI=1S/C11H11F2NO2/c12-11(13)6-9(11)14-10(15)16-7-8-4-2-1-3-5-8/h1-5,9H,6-7H2,(H,14,15). The number of amides is 1. The molecule has 1 fully saturated rings. The van der Waals surface area contributed by atoms with Crippen molar-refractivity contribution in [3.05, 3.63) is 35.9 Å². The van der Waals surface area contributed by atoms with Gasteiger partial charge < -0.3 is 10.1 Å². The molecule has 1 aromatic carbocycles.